The van der Waals surface area contributed by atoms with Crippen molar-refractivity contribution in [3.05, 3.63) is 102 Å². The maximum Gasteiger partial charge on any atom is 0.258 e. The summed E-state index contributed by atoms with van der Waals surface area (Å²) in [5.74, 6) is -0.521. The van der Waals surface area contributed by atoms with E-state index in [1.165, 1.54) is 12.1 Å². The Labute approximate surface area is 252 Å². The molecule has 0 spiro atoms. The van der Waals surface area contributed by atoms with Crippen molar-refractivity contribution in [2.45, 2.75) is 57.8 Å². The van der Waals surface area contributed by atoms with Gasteiger partial charge in [-0.3, -0.25) is 4.79 Å². The molecule has 0 bridgehead atoms. The fourth-order valence-electron chi connectivity index (χ4n) is 5.62. The summed E-state index contributed by atoms with van der Waals surface area (Å²) in [5.41, 5.74) is 5.58. The van der Waals surface area contributed by atoms with E-state index in [-0.39, 0.29) is 36.6 Å². The van der Waals surface area contributed by atoms with Crippen LogP contribution in [0.25, 0.3) is 22.4 Å². The predicted molar refractivity (Wildman–Crippen MR) is 166 cm³/mol. The van der Waals surface area contributed by atoms with E-state index in [2.05, 4.69) is 23.7 Å². The second kappa shape index (κ2) is 15.4. The summed E-state index contributed by atoms with van der Waals surface area (Å²) < 4.78 is 27.8. The van der Waals surface area contributed by atoms with Gasteiger partial charge in [-0.15, -0.1) is 0 Å². The summed E-state index contributed by atoms with van der Waals surface area (Å²) in [4.78, 5) is 25.2. The zero-order chi connectivity index (χ0) is 30.8. The highest BCUT2D eigenvalue weighted by molar-refractivity contribution is 6.12. The van der Waals surface area contributed by atoms with Crippen LogP contribution in [0.15, 0.2) is 84.9 Å². The molecule has 2 N–H and O–H groups in total. The molecule has 1 aromatic heterocycles. The van der Waals surface area contributed by atoms with Crippen LogP contribution >= 0.6 is 0 Å². The van der Waals surface area contributed by atoms with Gasteiger partial charge in [0.15, 0.2) is 0 Å². The number of benzene rings is 3. The molecule has 7 nitrogen and oxygen atoms in total. The largest absolute Gasteiger partial charge is 0.400 e. The molecule has 0 radical (unpaired) electrons. The van der Waals surface area contributed by atoms with Crippen LogP contribution in [0.2, 0.25) is 0 Å². The number of aldehydes is 1. The molecule has 3 aromatic carbocycles. The molecule has 2 unspecified atom stereocenters. The normalized spacial score (nSPS) is 16.3. The number of nitrogens with one attached hydrogen (secondary N) is 1. The third-order valence-electron chi connectivity index (χ3n) is 7.46. The Hall–Kier alpha value is -4.11. The lowest BCUT2D eigenvalue weighted by Gasteiger charge is -2.29. The monoisotopic (exact) mass is 586 g/mol. The molecule has 1 fully saturated rings. The van der Waals surface area contributed by atoms with Gasteiger partial charge in [0.2, 0.25) is 0 Å². The topological polar surface area (TPSA) is 89.8 Å². The van der Waals surface area contributed by atoms with E-state index in [0.29, 0.717) is 37.1 Å². The number of halogens is 1. The standard InChI is InChI=1S/C34H35FN2O4.CH4O/c1-23(2)32-31(34(39)36-27-11-7-4-8-12-27)30(24-9-5-3-6-10-24)33(25-13-15-26(35)16-14-25)37(32)19-17-28-21-29(18-20-38)41-22-40-28;1-2/h3-16,20,23,28-29H,17-19,21-22H2,1-2H3,(H,36,39);2H,1H3. The van der Waals surface area contributed by atoms with Crippen LogP contribution in [0.4, 0.5) is 10.1 Å². The summed E-state index contributed by atoms with van der Waals surface area (Å²) in [7, 11) is 1.00. The SMILES string of the molecule is CC(C)c1c(C(=O)Nc2ccccc2)c(-c2ccccc2)c(-c2ccc(F)cc2)n1CCC1CC(CC=O)OCO1.CO. The van der Waals surface area contributed by atoms with Crippen LogP contribution in [0, 0.1) is 5.82 Å². The zero-order valence-electron chi connectivity index (χ0n) is 24.8. The lowest BCUT2D eigenvalue weighted by Crippen LogP contribution is -2.32. The molecule has 5 rings (SSSR count). The molecule has 0 aliphatic carbocycles. The number of carbonyl (C=O) groups is 2. The Morgan fingerprint density at radius 3 is 2.21 bits per heavy atom. The third-order valence-corrected chi connectivity index (χ3v) is 7.46. The number of nitrogens with zero attached hydrogens (tertiary/aromatic N) is 1. The zero-order valence-corrected chi connectivity index (χ0v) is 24.8. The van der Waals surface area contributed by atoms with E-state index in [9.17, 15) is 14.0 Å². The Morgan fingerprint density at radius 1 is 0.953 bits per heavy atom. The Bertz CT molecular complexity index is 1470. The molecular weight excluding hydrogens is 547 g/mol. The van der Waals surface area contributed by atoms with Gasteiger partial charge in [-0.05, 0) is 59.9 Å². The average Bonchev–Trinajstić information content (AvgIpc) is 3.38. The predicted octanol–water partition coefficient (Wildman–Crippen LogP) is 7.06. The van der Waals surface area contributed by atoms with Crippen molar-refractivity contribution >= 4 is 17.9 Å². The Kier molecular flexibility index (Phi) is 11.4. The molecule has 1 aliphatic heterocycles. The summed E-state index contributed by atoms with van der Waals surface area (Å²) >= 11 is 0. The molecule has 4 aromatic rings. The van der Waals surface area contributed by atoms with Gasteiger partial charge >= 0.3 is 0 Å². The maximum atomic E-state index is 14.1. The number of aliphatic hydroxyl groups excluding tert-OH is 1. The van der Waals surface area contributed by atoms with Crippen molar-refractivity contribution < 1.29 is 28.6 Å². The summed E-state index contributed by atoms with van der Waals surface area (Å²) in [6.07, 6.45) is 2.24. The summed E-state index contributed by atoms with van der Waals surface area (Å²) in [5, 5.41) is 10.1. The van der Waals surface area contributed by atoms with Gasteiger partial charge in [0.05, 0.1) is 23.5 Å². The van der Waals surface area contributed by atoms with E-state index in [0.717, 1.165) is 41.5 Å². The number of carbonyl (C=O) groups excluding carboxylic acids is 2. The number of amides is 1. The first-order valence-electron chi connectivity index (χ1n) is 14.5. The number of rotatable bonds is 10. The van der Waals surface area contributed by atoms with E-state index < -0.39 is 0 Å². The molecule has 0 saturated carbocycles. The molecule has 1 amide bonds. The molecule has 1 aliphatic rings. The minimum Gasteiger partial charge on any atom is -0.400 e. The maximum absolute atomic E-state index is 14.1. The van der Waals surface area contributed by atoms with Crippen LogP contribution in [-0.4, -0.2) is 48.0 Å². The van der Waals surface area contributed by atoms with Gasteiger partial charge < -0.3 is 29.3 Å². The first-order chi connectivity index (χ1) is 21.0. The van der Waals surface area contributed by atoms with Gasteiger partial charge in [0.1, 0.15) is 18.9 Å². The van der Waals surface area contributed by atoms with Crippen LogP contribution < -0.4 is 5.32 Å². The lowest BCUT2D eigenvalue weighted by molar-refractivity contribution is -0.178. The van der Waals surface area contributed by atoms with Gasteiger partial charge in [0.25, 0.3) is 5.91 Å². The lowest BCUT2D eigenvalue weighted by atomic mass is 9.94. The highest BCUT2D eigenvalue weighted by Crippen LogP contribution is 2.42. The molecule has 2 heterocycles. The highest BCUT2D eigenvalue weighted by atomic mass is 19.1. The number of para-hydroxylation sites is 1. The van der Waals surface area contributed by atoms with E-state index in [1.807, 2.05) is 60.7 Å². The van der Waals surface area contributed by atoms with E-state index in [1.54, 1.807) is 12.1 Å². The first kappa shape index (κ1) is 31.8. The van der Waals surface area contributed by atoms with Crippen molar-refractivity contribution in [3.63, 3.8) is 0 Å². The van der Waals surface area contributed by atoms with Crippen LogP contribution in [0.3, 0.4) is 0 Å². The number of ether oxygens (including phenoxy) is 2. The highest BCUT2D eigenvalue weighted by Gasteiger charge is 2.31. The molecule has 1 saturated heterocycles. The molecule has 2 atom stereocenters. The van der Waals surface area contributed by atoms with Gasteiger partial charge in [-0.1, -0.05) is 62.4 Å². The Balaban J connectivity index is 0.00000207. The van der Waals surface area contributed by atoms with Gasteiger partial charge in [-0.25, -0.2) is 4.39 Å². The minimum absolute atomic E-state index is 0.00148. The minimum atomic E-state index is -0.323. The van der Waals surface area contributed by atoms with Crippen LogP contribution in [0.1, 0.15) is 55.1 Å². The average molecular weight is 587 g/mol. The number of hydrogen-bond acceptors (Lipinski definition) is 5. The number of hydrogen-bond donors (Lipinski definition) is 2. The smallest absolute Gasteiger partial charge is 0.258 e. The van der Waals surface area contributed by atoms with Crippen molar-refractivity contribution in [3.8, 4) is 22.4 Å². The Morgan fingerprint density at radius 2 is 1.58 bits per heavy atom. The molecule has 43 heavy (non-hydrogen) atoms. The number of aliphatic hydroxyl groups is 1. The van der Waals surface area contributed by atoms with Gasteiger partial charge in [-0.2, -0.15) is 0 Å². The van der Waals surface area contributed by atoms with Crippen molar-refractivity contribution in [2.75, 3.05) is 19.2 Å². The van der Waals surface area contributed by atoms with Crippen LogP contribution in [0.5, 0.6) is 0 Å². The molecular formula is C35H39FN2O5. The van der Waals surface area contributed by atoms with E-state index in [4.69, 9.17) is 14.6 Å². The quantitative estimate of drug-likeness (QED) is 0.194. The van der Waals surface area contributed by atoms with Gasteiger partial charge in [0, 0.05) is 43.4 Å². The van der Waals surface area contributed by atoms with Crippen molar-refractivity contribution in [1.82, 2.24) is 4.57 Å². The summed E-state index contributed by atoms with van der Waals surface area (Å²) in [6, 6.07) is 25.7. The summed E-state index contributed by atoms with van der Waals surface area (Å²) in [6.45, 7) is 4.88. The van der Waals surface area contributed by atoms with E-state index >= 15 is 0 Å². The fraction of sp³-hybridized carbons (Fsp3) is 0.314. The van der Waals surface area contributed by atoms with Crippen LogP contribution in [-0.2, 0) is 20.8 Å². The number of aromatic nitrogens is 1. The fourth-order valence-corrected chi connectivity index (χ4v) is 5.62. The second-order valence-electron chi connectivity index (χ2n) is 10.6. The molecule has 226 valence electrons. The molecule has 8 heteroatoms. The first-order valence-corrected chi connectivity index (χ1v) is 14.5. The third kappa shape index (κ3) is 7.65. The van der Waals surface area contributed by atoms with Crippen molar-refractivity contribution in [2.24, 2.45) is 0 Å². The number of anilines is 1. The van der Waals surface area contributed by atoms with Crippen molar-refractivity contribution in [1.29, 1.82) is 0 Å². The second-order valence-corrected chi connectivity index (χ2v) is 10.6.